The monoisotopic (exact) mass is 358 g/mol. The molecule has 8 heteroatoms. The molecular weight excluding hydrogens is 342 g/mol. The number of nitrogens with zero attached hydrogens (tertiary/aromatic N) is 1. The van der Waals surface area contributed by atoms with Gasteiger partial charge in [-0.05, 0) is 35.9 Å². The van der Waals surface area contributed by atoms with E-state index in [1.807, 2.05) is 0 Å². The fraction of sp³-hybridized carbons (Fsp3) is 0.222. The maximum atomic E-state index is 14.3. The third-order valence-corrected chi connectivity index (χ3v) is 3.89. The molecule has 0 saturated carbocycles. The highest BCUT2D eigenvalue weighted by Crippen LogP contribution is 2.24. The minimum absolute atomic E-state index is 0.00219. The van der Waals surface area contributed by atoms with E-state index in [1.54, 1.807) is 12.1 Å². The van der Waals surface area contributed by atoms with Crippen LogP contribution in [0, 0.1) is 23.0 Å². The van der Waals surface area contributed by atoms with Crippen molar-refractivity contribution >= 4 is 17.4 Å². The molecule has 1 heterocycles. The summed E-state index contributed by atoms with van der Waals surface area (Å²) in [7, 11) is 0. The van der Waals surface area contributed by atoms with Gasteiger partial charge in [-0.25, -0.2) is 13.6 Å². The Kier molecular flexibility index (Phi) is 5.41. The Morgan fingerprint density at radius 3 is 2.73 bits per heavy atom. The van der Waals surface area contributed by atoms with Crippen LogP contribution in [0.5, 0.6) is 0 Å². The van der Waals surface area contributed by atoms with Crippen molar-refractivity contribution in [2.75, 3.05) is 30.3 Å². The number of morpholine rings is 1. The molecule has 1 fully saturated rings. The van der Waals surface area contributed by atoms with Gasteiger partial charge in [-0.2, -0.15) is 5.26 Å². The summed E-state index contributed by atoms with van der Waals surface area (Å²) in [5, 5.41) is 16.8. The van der Waals surface area contributed by atoms with Crippen molar-refractivity contribution in [3.05, 3.63) is 59.2 Å². The molecule has 0 bridgehead atoms. The summed E-state index contributed by atoms with van der Waals surface area (Å²) in [5.74, 6) is -1.27. The van der Waals surface area contributed by atoms with Crippen molar-refractivity contribution in [3.8, 4) is 6.07 Å². The van der Waals surface area contributed by atoms with Crippen LogP contribution in [0.4, 0.5) is 25.0 Å². The number of hydrogen-bond donors (Lipinski definition) is 3. The molecule has 1 aliphatic heterocycles. The van der Waals surface area contributed by atoms with Crippen molar-refractivity contribution < 1.29 is 18.3 Å². The Morgan fingerprint density at radius 1 is 1.19 bits per heavy atom. The summed E-state index contributed by atoms with van der Waals surface area (Å²) < 4.78 is 33.1. The average Bonchev–Trinajstić information content (AvgIpc) is 2.65. The van der Waals surface area contributed by atoms with E-state index in [0.717, 1.165) is 12.6 Å². The minimum Gasteiger partial charge on any atom is -0.371 e. The Hall–Kier alpha value is -3.02. The van der Waals surface area contributed by atoms with E-state index < -0.39 is 17.7 Å². The molecule has 1 saturated heterocycles. The molecule has 1 atom stereocenters. The van der Waals surface area contributed by atoms with Gasteiger partial charge in [0.2, 0.25) is 0 Å². The molecule has 2 aromatic rings. The SMILES string of the molecule is N#Cc1cc(NC(=O)Nc2ccc(C3CNCCO3)cc2F)ccc1F. The maximum Gasteiger partial charge on any atom is 0.323 e. The number of nitriles is 1. The Balaban J connectivity index is 1.66. The maximum absolute atomic E-state index is 14.3. The zero-order valence-corrected chi connectivity index (χ0v) is 13.7. The first kappa shape index (κ1) is 17.8. The van der Waals surface area contributed by atoms with Gasteiger partial charge >= 0.3 is 6.03 Å². The number of rotatable bonds is 3. The zero-order chi connectivity index (χ0) is 18.5. The first-order valence-corrected chi connectivity index (χ1v) is 7.96. The van der Waals surface area contributed by atoms with Crippen LogP contribution in [-0.4, -0.2) is 25.7 Å². The molecule has 1 unspecified atom stereocenters. The van der Waals surface area contributed by atoms with Crippen LogP contribution in [0.1, 0.15) is 17.2 Å². The normalized spacial score (nSPS) is 16.6. The van der Waals surface area contributed by atoms with Crippen LogP contribution in [0.2, 0.25) is 0 Å². The van der Waals surface area contributed by atoms with Crippen LogP contribution in [0.15, 0.2) is 36.4 Å². The first-order valence-electron chi connectivity index (χ1n) is 7.96. The topological polar surface area (TPSA) is 86.2 Å². The van der Waals surface area contributed by atoms with Gasteiger partial charge in [0, 0.05) is 18.8 Å². The highest BCUT2D eigenvalue weighted by molar-refractivity contribution is 5.99. The average molecular weight is 358 g/mol. The molecule has 2 amide bonds. The molecule has 3 rings (SSSR count). The number of anilines is 2. The second-order valence-corrected chi connectivity index (χ2v) is 5.69. The van der Waals surface area contributed by atoms with Crippen LogP contribution < -0.4 is 16.0 Å². The van der Waals surface area contributed by atoms with Gasteiger partial charge in [0.1, 0.15) is 17.7 Å². The number of amides is 2. The molecule has 0 spiro atoms. The number of carbonyl (C=O) groups excluding carboxylic acids is 1. The Bertz CT molecular complexity index is 861. The van der Waals surface area contributed by atoms with Crippen LogP contribution in [0.3, 0.4) is 0 Å². The second-order valence-electron chi connectivity index (χ2n) is 5.69. The van der Waals surface area contributed by atoms with E-state index in [2.05, 4.69) is 16.0 Å². The number of nitrogens with one attached hydrogen (secondary N) is 3. The third-order valence-electron chi connectivity index (χ3n) is 3.89. The molecule has 0 aliphatic carbocycles. The van der Waals surface area contributed by atoms with E-state index in [-0.39, 0.29) is 23.0 Å². The lowest BCUT2D eigenvalue weighted by Crippen LogP contribution is -2.33. The number of ether oxygens (including phenoxy) is 1. The summed E-state index contributed by atoms with van der Waals surface area (Å²) in [5.41, 5.74) is 0.703. The zero-order valence-electron chi connectivity index (χ0n) is 13.7. The number of carbonyl (C=O) groups is 1. The van der Waals surface area contributed by atoms with E-state index >= 15 is 0 Å². The van der Waals surface area contributed by atoms with Crippen molar-refractivity contribution in [1.82, 2.24) is 5.32 Å². The van der Waals surface area contributed by atoms with Gasteiger partial charge in [-0.15, -0.1) is 0 Å². The molecule has 3 N–H and O–H groups in total. The van der Waals surface area contributed by atoms with Gasteiger partial charge in [-0.1, -0.05) is 6.07 Å². The third kappa shape index (κ3) is 4.14. The van der Waals surface area contributed by atoms with E-state index in [0.29, 0.717) is 18.7 Å². The van der Waals surface area contributed by atoms with Gasteiger partial charge in [-0.3, -0.25) is 0 Å². The number of halogens is 2. The lowest BCUT2D eigenvalue weighted by Gasteiger charge is -2.24. The molecule has 6 nitrogen and oxygen atoms in total. The highest BCUT2D eigenvalue weighted by Gasteiger charge is 2.17. The van der Waals surface area contributed by atoms with Crippen molar-refractivity contribution in [1.29, 1.82) is 5.26 Å². The predicted octanol–water partition coefficient (Wildman–Crippen LogP) is 3.14. The van der Waals surface area contributed by atoms with Crippen LogP contribution >= 0.6 is 0 Å². The second kappa shape index (κ2) is 7.91. The van der Waals surface area contributed by atoms with Crippen molar-refractivity contribution in [2.24, 2.45) is 0 Å². The van der Waals surface area contributed by atoms with Gasteiger partial charge in [0.05, 0.1) is 24.0 Å². The summed E-state index contributed by atoms with van der Waals surface area (Å²) in [4.78, 5) is 12.0. The molecular formula is C18H16F2N4O2. The molecule has 134 valence electrons. The quantitative estimate of drug-likeness (QED) is 0.787. The van der Waals surface area contributed by atoms with Crippen molar-refractivity contribution in [3.63, 3.8) is 0 Å². The molecule has 1 aliphatic rings. The molecule has 26 heavy (non-hydrogen) atoms. The number of urea groups is 1. The first-order chi connectivity index (χ1) is 12.6. The van der Waals surface area contributed by atoms with Gasteiger partial charge < -0.3 is 20.7 Å². The summed E-state index contributed by atoms with van der Waals surface area (Å²) in [6.07, 6.45) is -0.232. The Morgan fingerprint density at radius 2 is 2.04 bits per heavy atom. The molecule has 0 aromatic heterocycles. The highest BCUT2D eigenvalue weighted by atomic mass is 19.1. The smallest absolute Gasteiger partial charge is 0.323 e. The van der Waals surface area contributed by atoms with Gasteiger partial charge in [0.15, 0.2) is 0 Å². The number of benzene rings is 2. The predicted molar refractivity (Wildman–Crippen MR) is 91.7 cm³/mol. The largest absolute Gasteiger partial charge is 0.371 e. The lowest BCUT2D eigenvalue weighted by molar-refractivity contribution is 0.0275. The molecule has 0 radical (unpaired) electrons. The van der Waals surface area contributed by atoms with Gasteiger partial charge in [0.25, 0.3) is 0 Å². The van der Waals surface area contributed by atoms with Crippen LogP contribution in [-0.2, 0) is 4.74 Å². The summed E-state index contributed by atoms with van der Waals surface area (Å²) in [6, 6.07) is 9.00. The summed E-state index contributed by atoms with van der Waals surface area (Å²) >= 11 is 0. The fourth-order valence-corrected chi connectivity index (χ4v) is 2.59. The standard InChI is InChI=1S/C18H16F2N4O2/c19-14-3-2-13(7-12(14)9-21)23-18(25)24-16-4-1-11(8-15(16)20)17-10-22-5-6-26-17/h1-4,7-8,17,22H,5-6,10H2,(H2,23,24,25). The van der Waals surface area contributed by atoms with E-state index in [1.165, 1.54) is 24.3 Å². The summed E-state index contributed by atoms with van der Waals surface area (Å²) in [6.45, 7) is 1.91. The van der Waals surface area contributed by atoms with E-state index in [4.69, 9.17) is 10.00 Å². The number of hydrogen-bond acceptors (Lipinski definition) is 4. The van der Waals surface area contributed by atoms with Crippen molar-refractivity contribution in [2.45, 2.75) is 6.10 Å². The lowest BCUT2D eigenvalue weighted by atomic mass is 10.1. The molecule has 2 aromatic carbocycles. The minimum atomic E-state index is -0.706. The van der Waals surface area contributed by atoms with E-state index in [9.17, 15) is 13.6 Å². The van der Waals surface area contributed by atoms with Crippen LogP contribution in [0.25, 0.3) is 0 Å². The fourth-order valence-electron chi connectivity index (χ4n) is 2.59. The Labute approximate surface area is 148 Å².